The molecule has 90 valence electrons. The van der Waals surface area contributed by atoms with Crippen LogP contribution in [0.25, 0.3) is 0 Å². The van der Waals surface area contributed by atoms with E-state index in [0.29, 0.717) is 6.42 Å². The van der Waals surface area contributed by atoms with Crippen LogP contribution >= 0.6 is 0 Å². The highest BCUT2D eigenvalue weighted by Gasteiger charge is 2.34. The highest BCUT2D eigenvalue weighted by Crippen LogP contribution is 2.18. The lowest BCUT2D eigenvalue weighted by Crippen LogP contribution is -2.50. The van der Waals surface area contributed by atoms with Gasteiger partial charge in [0.1, 0.15) is 0 Å². The first-order valence-corrected chi connectivity index (χ1v) is 4.63. The van der Waals surface area contributed by atoms with Crippen molar-refractivity contribution in [3.05, 3.63) is 0 Å². The summed E-state index contributed by atoms with van der Waals surface area (Å²) >= 11 is 0. The summed E-state index contributed by atoms with van der Waals surface area (Å²) in [6, 6.07) is -0.878. The quantitative estimate of drug-likeness (QED) is 0.411. The van der Waals surface area contributed by atoms with Gasteiger partial charge in [0, 0.05) is 0 Å². The van der Waals surface area contributed by atoms with Crippen LogP contribution in [0, 0.1) is 0 Å². The number of halogens is 3. The van der Waals surface area contributed by atoms with Gasteiger partial charge in [-0.3, -0.25) is 15.1 Å². The van der Waals surface area contributed by atoms with E-state index in [-0.39, 0.29) is 6.54 Å². The molecule has 0 spiro atoms. The minimum atomic E-state index is -4.31. The Labute approximate surface area is 86.6 Å². The molecule has 0 fully saturated rings. The maximum atomic E-state index is 12.2. The van der Waals surface area contributed by atoms with Crippen molar-refractivity contribution in [1.29, 1.82) is 0 Å². The van der Waals surface area contributed by atoms with Crippen molar-refractivity contribution in [3.8, 4) is 0 Å². The largest absolute Gasteiger partial charge is 0.401 e. The van der Waals surface area contributed by atoms with E-state index in [2.05, 4.69) is 0 Å². The van der Waals surface area contributed by atoms with Gasteiger partial charge in [-0.1, -0.05) is 6.92 Å². The fraction of sp³-hybridized carbons (Fsp3) is 0.875. The van der Waals surface area contributed by atoms with Crippen LogP contribution in [0.3, 0.4) is 0 Å². The zero-order valence-electron chi connectivity index (χ0n) is 8.77. The number of nitrogens with one attached hydrogen (secondary N) is 1. The molecule has 0 saturated carbocycles. The van der Waals surface area contributed by atoms with Crippen LogP contribution < -0.4 is 11.3 Å². The molecule has 4 nitrogen and oxygen atoms in total. The van der Waals surface area contributed by atoms with Crippen molar-refractivity contribution in [2.24, 2.45) is 5.84 Å². The molecule has 0 aliphatic rings. The normalized spacial score (nSPS) is 14.1. The van der Waals surface area contributed by atoms with E-state index in [1.54, 1.807) is 6.92 Å². The van der Waals surface area contributed by atoms with E-state index >= 15 is 0 Å². The maximum absolute atomic E-state index is 12.2. The van der Waals surface area contributed by atoms with Crippen molar-refractivity contribution in [1.82, 2.24) is 10.3 Å². The second-order valence-corrected chi connectivity index (χ2v) is 3.27. The second-order valence-electron chi connectivity index (χ2n) is 3.27. The number of alkyl halides is 3. The van der Waals surface area contributed by atoms with Gasteiger partial charge in [-0.05, 0) is 19.9 Å². The lowest BCUT2D eigenvalue weighted by Gasteiger charge is -2.27. The van der Waals surface area contributed by atoms with E-state index < -0.39 is 24.7 Å². The van der Waals surface area contributed by atoms with E-state index in [1.807, 2.05) is 5.43 Å². The third-order valence-corrected chi connectivity index (χ3v) is 1.96. The Balaban J connectivity index is 4.44. The molecule has 7 heteroatoms. The first-order valence-electron chi connectivity index (χ1n) is 4.63. The molecule has 0 aromatic rings. The minimum absolute atomic E-state index is 0.202. The van der Waals surface area contributed by atoms with E-state index in [1.165, 1.54) is 6.92 Å². The number of nitrogens with zero attached hydrogens (tertiary/aromatic N) is 1. The molecule has 0 rings (SSSR count). The summed E-state index contributed by atoms with van der Waals surface area (Å²) in [6.45, 7) is 2.24. The third-order valence-electron chi connectivity index (χ3n) is 1.96. The van der Waals surface area contributed by atoms with Gasteiger partial charge >= 0.3 is 6.18 Å². The molecule has 0 bridgehead atoms. The summed E-state index contributed by atoms with van der Waals surface area (Å²) in [7, 11) is 0. The van der Waals surface area contributed by atoms with Crippen LogP contribution in [-0.4, -0.2) is 36.1 Å². The number of nitrogens with two attached hydrogens (primary N) is 1. The molecule has 1 amide bonds. The summed E-state index contributed by atoms with van der Waals surface area (Å²) in [5, 5.41) is 0. The number of carbonyl (C=O) groups is 1. The Bertz CT molecular complexity index is 208. The summed E-state index contributed by atoms with van der Waals surface area (Å²) in [4.78, 5) is 12.1. The van der Waals surface area contributed by atoms with Gasteiger partial charge in [0.15, 0.2) is 0 Å². The van der Waals surface area contributed by atoms with E-state index in [0.717, 1.165) is 4.90 Å². The Kier molecular flexibility index (Phi) is 5.59. The van der Waals surface area contributed by atoms with Crippen LogP contribution in [0.5, 0.6) is 0 Å². The predicted molar refractivity (Wildman–Crippen MR) is 49.7 cm³/mol. The Morgan fingerprint density at radius 2 is 2.07 bits per heavy atom. The van der Waals surface area contributed by atoms with Crippen molar-refractivity contribution >= 4 is 5.91 Å². The Hall–Kier alpha value is -0.820. The average Bonchev–Trinajstić information content (AvgIpc) is 2.13. The molecule has 0 aliphatic carbocycles. The van der Waals surface area contributed by atoms with Gasteiger partial charge in [-0.15, -0.1) is 0 Å². The summed E-state index contributed by atoms with van der Waals surface area (Å²) in [6.07, 6.45) is -3.77. The van der Waals surface area contributed by atoms with Gasteiger partial charge in [0.05, 0.1) is 12.6 Å². The molecule has 0 saturated heterocycles. The molecule has 1 atom stereocenters. The van der Waals surface area contributed by atoms with Gasteiger partial charge < -0.3 is 0 Å². The average molecular weight is 227 g/mol. The molecular formula is C8H16F3N3O. The monoisotopic (exact) mass is 227 g/mol. The lowest BCUT2D eigenvalue weighted by molar-refractivity contribution is -0.154. The van der Waals surface area contributed by atoms with Gasteiger partial charge in [-0.2, -0.15) is 13.2 Å². The smallest absolute Gasteiger partial charge is 0.293 e. The number of hydrogen-bond donors (Lipinski definition) is 2. The second kappa shape index (κ2) is 5.92. The van der Waals surface area contributed by atoms with Crippen molar-refractivity contribution < 1.29 is 18.0 Å². The van der Waals surface area contributed by atoms with Crippen LogP contribution in [0.4, 0.5) is 13.2 Å². The standard InChI is InChI=1S/C8H16F3N3O/c1-3-4-14(5-8(9,10)11)6(2)7(15)13-12/h6H,3-5,12H2,1-2H3,(H,13,15). The van der Waals surface area contributed by atoms with Gasteiger partial charge in [0.25, 0.3) is 5.91 Å². The number of rotatable bonds is 5. The lowest BCUT2D eigenvalue weighted by atomic mass is 10.2. The zero-order valence-corrected chi connectivity index (χ0v) is 8.77. The summed E-state index contributed by atoms with van der Waals surface area (Å²) in [5.74, 6) is 4.25. The highest BCUT2D eigenvalue weighted by molar-refractivity contribution is 5.80. The van der Waals surface area contributed by atoms with Gasteiger partial charge in [0.2, 0.25) is 0 Å². The molecule has 0 radical (unpaired) electrons. The summed E-state index contributed by atoms with van der Waals surface area (Å²) in [5.41, 5.74) is 1.84. The molecule has 1 unspecified atom stereocenters. The zero-order chi connectivity index (χ0) is 12.1. The first-order chi connectivity index (χ1) is 6.81. The van der Waals surface area contributed by atoms with E-state index in [9.17, 15) is 18.0 Å². The maximum Gasteiger partial charge on any atom is 0.401 e. The fourth-order valence-corrected chi connectivity index (χ4v) is 1.21. The number of hydrogen-bond acceptors (Lipinski definition) is 3. The highest BCUT2D eigenvalue weighted by atomic mass is 19.4. The molecule has 0 aliphatic heterocycles. The fourth-order valence-electron chi connectivity index (χ4n) is 1.21. The van der Waals surface area contributed by atoms with E-state index in [4.69, 9.17) is 5.84 Å². The topological polar surface area (TPSA) is 58.4 Å². The van der Waals surface area contributed by atoms with Crippen LogP contribution in [0.2, 0.25) is 0 Å². The van der Waals surface area contributed by atoms with Crippen LogP contribution in [-0.2, 0) is 4.79 Å². The molecule has 15 heavy (non-hydrogen) atoms. The van der Waals surface area contributed by atoms with Crippen molar-refractivity contribution in [2.75, 3.05) is 13.1 Å². The predicted octanol–water partition coefficient (Wildman–Crippen LogP) is 0.639. The van der Waals surface area contributed by atoms with Crippen molar-refractivity contribution in [2.45, 2.75) is 32.5 Å². The SMILES string of the molecule is CCCN(CC(F)(F)F)C(C)C(=O)NN. The number of amides is 1. The number of hydrazine groups is 1. The van der Waals surface area contributed by atoms with Gasteiger partial charge in [-0.25, -0.2) is 5.84 Å². The summed E-state index contributed by atoms with van der Waals surface area (Å²) < 4.78 is 36.5. The molecule has 0 aromatic heterocycles. The molecule has 0 heterocycles. The molecule has 0 aromatic carbocycles. The third kappa shape index (κ3) is 5.58. The molecule has 3 N–H and O–H groups in total. The Morgan fingerprint density at radius 1 is 1.53 bits per heavy atom. The van der Waals surface area contributed by atoms with Crippen LogP contribution in [0.15, 0.2) is 0 Å². The van der Waals surface area contributed by atoms with Crippen molar-refractivity contribution in [3.63, 3.8) is 0 Å². The first kappa shape index (κ1) is 14.2. The number of carbonyl (C=O) groups excluding carboxylic acids is 1. The Morgan fingerprint density at radius 3 is 2.40 bits per heavy atom. The minimum Gasteiger partial charge on any atom is -0.293 e. The molecular weight excluding hydrogens is 211 g/mol. The van der Waals surface area contributed by atoms with Crippen LogP contribution in [0.1, 0.15) is 20.3 Å².